The standard InChI is InChI=1S/C19H27N3O2/c23-18(10-11-20-19(24)16-6-2-1-3-7-16)22-14-12-21(13-15-22)17-8-4-5-9-17/h1-3,6-7,17H,4-5,8-15H2,(H,20,24). The molecule has 0 radical (unpaired) electrons. The van der Waals surface area contributed by atoms with Crippen molar-refractivity contribution in [3.05, 3.63) is 35.9 Å². The summed E-state index contributed by atoms with van der Waals surface area (Å²) in [5, 5.41) is 2.83. The van der Waals surface area contributed by atoms with Crippen LogP contribution in [0.4, 0.5) is 0 Å². The zero-order valence-electron chi connectivity index (χ0n) is 14.2. The number of piperazine rings is 1. The van der Waals surface area contributed by atoms with Crippen molar-refractivity contribution in [2.24, 2.45) is 0 Å². The number of hydrogen-bond donors (Lipinski definition) is 1. The zero-order valence-corrected chi connectivity index (χ0v) is 14.2. The third kappa shape index (κ3) is 4.35. The van der Waals surface area contributed by atoms with E-state index in [1.54, 1.807) is 12.1 Å². The van der Waals surface area contributed by atoms with Crippen LogP contribution >= 0.6 is 0 Å². The average molecular weight is 329 g/mol. The molecule has 1 saturated carbocycles. The van der Waals surface area contributed by atoms with Crippen molar-refractivity contribution in [2.75, 3.05) is 32.7 Å². The Morgan fingerprint density at radius 1 is 1.00 bits per heavy atom. The second-order valence-electron chi connectivity index (χ2n) is 6.73. The summed E-state index contributed by atoms with van der Waals surface area (Å²) in [6.07, 6.45) is 5.72. The quantitative estimate of drug-likeness (QED) is 0.897. The molecule has 1 aromatic rings. The highest BCUT2D eigenvalue weighted by atomic mass is 16.2. The summed E-state index contributed by atoms with van der Waals surface area (Å²) >= 11 is 0. The molecule has 5 nitrogen and oxygen atoms in total. The predicted molar refractivity (Wildman–Crippen MR) is 93.8 cm³/mol. The van der Waals surface area contributed by atoms with Gasteiger partial charge in [0.2, 0.25) is 5.91 Å². The van der Waals surface area contributed by atoms with Crippen molar-refractivity contribution >= 4 is 11.8 Å². The van der Waals surface area contributed by atoms with Crippen LogP contribution in [0.3, 0.4) is 0 Å². The second-order valence-corrected chi connectivity index (χ2v) is 6.73. The van der Waals surface area contributed by atoms with E-state index in [1.165, 1.54) is 25.7 Å². The summed E-state index contributed by atoms with van der Waals surface area (Å²) in [6.45, 7) is 4.03. The van der Waals surface area contributed by atoms with Crippen LogP contribution in [0.25, 0.3) is 0 Å². The Kier molecular flexibility index (Phi) is 5.86. The van der Waals surface area contributed by atoms with Crippen molar-refractivity contribution in [1.29, 1.82) is 0 Å². The molecule has 3 rings (SSSR count). The molecule has 2 fully saturated rings. The summed E-state index contributed by atoms with van der Waals surface area (Å²) in [7, 11) is 0. The molecule has 1 aromatic carbocycles. The summed E-state index contributed by atoms with van der Waals surface area (Å²) in [5.41, 5.74) is 0.634. The van der Waals surface area contributed by atoms with Crippen molar-refractivity contribution < 1.29 is 9.59 Å². The molecule has 1 aliphatic carbocycles. The molecule has 0 unspecified atom stereocenters. The number of hydrogen-bond acceptors (Lipinski definition) is 3. The minimum atomic E-state index is -0.116. The van der Waals surface area contributed by atoms with Crippen LogP contribution in [0.1, 0.15) is 42.5 Å². The van der Waals surface area contributed by atoms with Crippen LogP contribution in [-0.4, -0.2) is 60.4 Å². The van der Waals surface area contributed by atoms with Gasteiger partial charge in [0, 0.05) is 50.7 Å². The summed E-state index contributed by atoms with van der Waals surface area (Å²) in [5.74, 6) is 0.0314. The van der Waals surface area contributed by atoms with E-state index in [2.05, 4.69) is 10.2 Å². The third-order valence-electron chi connectivity index (χ3n) is 5.17. The largest absolute Gasteiger partial charge is 0.352 e. The molecule has 0 spiro atoms. The first-order valence-corrected chi connectivity index (χ1v) is 9.09. The summed E-state index contributed by atoms with van der Waals surface area (Å²) < 4.78 is 0. The minimum absolute atomic E-state index is 0.116. The molecule has 0 atom stereocenters. The van der Waals surface area contributed by atoms with E-state index in [0.29, 0.717) is 18.5 Å². The lowest BCUT2D eigenvalue weighted by Crippen LogP contribution is -2.51. The number of amides is 2. The van der Waals surface area contributed by atoms with E-state index in [0.717, 1.165) is 32.2 Å². The van der Waals surface area contributed by atoms with Crippen LogP contribution < -0.4 is 5.32 Å². The van der Waals surface area contributed by atoms with Gasteiger partial charge in [0.1, 0.15) is 0 Å². The normalized spacial score (nSPS) is 19.4. The van der Waals surface area contributed by atoms with Crippen LogP contribution in [0.5, 0.6) is 0 Å². The van der Waals surface area contributed by atoms with E-state index < -0.39 is 0 Å². The van der Waals surface area contributed by atoms with Crippen molar-refractivity contribution in [3.8, 4) is 0 Å². The van der Waals surface area contributed by atoms with Crippen LogP contribution in [-0.2, 0) is 4.79 Å². The topological polar surface area (TPSA) is 52.7 Å². The number of nitrogens with one attached hydrogen (secondary N) is 1. The van der Waals surface area contributed by atoms with Gasteiger partial charge in [-0.15, -0.1) is 0 Å². The molecule has 0 aromatic heterocycles. The number of rotatable bonds is 5. The van der Waals surface area contributed by atoms with Crippen LogP contribution in [0.2, 0.25) is 0 Å². The van der Waals surface area contributed by atoms with Gasteiger partial charge in [0.05, 0.1) is 0 Å². The van der Waals surface area contributed by atoms with E-state index >= 15 is 0 Å². The van der Waals surface area contributed by atoms with Gasteiger partial charge in [-0.2, -0.15) is 0 Å². The number of carbonyl (C=O) groups excluding carboxylic acids is 2. The van der Waals surface area contributed by atoms with Gasteiger partial charge in [0.25, 0.3) is 5.91 Å². The first-order valence-electron chi connectivity index (χ1n) is 9.09. The summed E-state index contributed by atoms with van der Waals surface area (Å²) in [4.78, 5) is 28.7. The highest BCUT2D eigenvalue weighted by Gasteiger charge is 2.27. The molecular formula is C19H27N3O2. The maximum absolute atomic E-state index is 12.3. The van der Waals surface area contributed by atoms with Crippen molar-refractivity contribution in [1.82, 2.24) is 15.1 Å². The maximum atomic E-state index is 12.3. The fraction of sp³-hybridized carbons (Fsp3) is 0.579. The molecule has 0 bridgehead atoms. The lowest BCUT2D eigenvalue weighted by Gasteiger charge is -2.38. The molecule has 2 aliphatic rings. The van der Waals surface area contributed by atoms with E-state index in [-0.39, 0.29) is 11.8 Å². The number of nitrogens with zero attached hydrogens (tertiary/aromatic N) is 2. The average Bonchev–Trinajstić information content (AvgIpc) is 3.17. The van der Waals surface area contributed by atoms with Crippen LogP contribution in [0.15, 0.2) is 30.3 Å². The third-order valence-corrected chi connectivity index (χ3v) is 5.17. The monoisotopic (exact) mass is 329 g/mol. The summed E-state index contributed by atoms with van der Waals surface area (Å²) in [6, 6.07) is 9.85. The minimum Gasteiger partial charge on any atom is -0.352 e. The smallest absolute Gasteiger partial charge is 0.251 e. The fourth-order valence-corrected chi connectivity index (χ4v) is 3.74. The Morgan fingerprint density at radius 2 is 1.67 bits per heavy atom. The van der Waals surface area contributed by atoms with Gasteiger partial charge in [0.15, 0.2) is 0 Å². The van der Waals surface area contributed by atoms with Gasteiger partial charge in [-0.25, -0.2) is 0 Å². The van der Waals surface area contributed by atoms with E-state index in [4.69, 9.17) is 0 Å². The Bertz CT molecular complexity index is 547. The molecular weight excluding hydrogens is 302 g/mol. The molecule has 130 valence electrons. The van der Waals surface area contributed by atoms with Gasteiger partial charge in [-0.1, -0.05) is 31.0 Å². The Hall–Kier alpha value is -1.88. The zero-order chi connectivity index (χ0) is 16.8. The Labute approximate surface area is 144 Å². The van der Waals surface area contributed by atoms with Crippen molar-refractivity contribution in [2.45, 2.75) is 38.1 Å². The fourth-order valence-electron chi connectivity index (χ4n) is 3.74. The maximum Gasteiger partial charge on any atom is 0.251 e. The Morgan fingerprint density at radius 3 is 2.33 bits per heavy atom. The molecule has 2 amide bonds. The molecule has 1 N–H and O–H groups in total. The second kappa shape index (κ2) is 8.29. The SMILES string of the molecule is O=C(NCCC(=O)N1CCN(C2CCCC2)CC1)c1ccccc1. The molecule has 1 aliphatic heterocycles. The molecule has 24 heavy (non-hydrogen) atoms. The van der Waals surface area contributed by atoms with Crippen molar-refractivity contribution in [3.63, 3.8) is 0 Å². The van der Waals surface area contributed by atoms with E-state index in [1.807, 2.05) is 23.1 Å². The number of benzene rings is 1. The van der Waals surface area contributed by atoms with Gasteiger partial charge in [-0.05, 0) is 25.0 Å². The lowest BCUT2D eigenvalue weighted by atomic mass is 10.1. The van der Waals surface area contributed by atoms with Gasteiger partial charge < -0.3 is 10.2 Å². The van der Waals surface area contributed by atoms with E-state index in [9.17, 15) is 9.59 Å². The highest BCUT2D eigenvalue weighted by molar-refractivity contribution is 5.94. The van der Waals surface area contributed by atoms with Crippen LogP contribution in [0, 0.1) is 0 Å². The molecule has 5 heteroatoms. The molecule has 1 heterocycles. The van der Waals surface area contributed by atoms with Gasteiger partial charge in [-0.3, -0.25) is 14.5 Å². The number of carbonyl (C=O) groups is 2. The first-order chi connectivity index (χ1) is 11.7. The predicted octanol–water partition coefficient (Wildman–Crippen LogP) is 1.89. The first kappa shape index (κ1) is 17.0. The lowest BCUT2D eigenvalue weighted by molar-refractivity contribution is -0.133. The Balaban J connectivity index is 1.36. The highest BCUT2D eigenvalue weighted by Crippen LogP contribution is 2.24. The van der Waals surface area contributed by atoms with Gasteiger partial charge >= 0.3 is 0 Å². The molecule has 1 saturated heterocycles.